The molecule has 0 aliphatic heterocycles. The molecule has 4 heteroatoms. The molecule has 0 aliphatic carbocycles. The van der Waals surface area contributed by atoms with E-state index in [1.54, 1.807) is 4.68 Å². The lowest BCUT2D eigenvalue weighted by Crippen LogP contribution is -1.99. The highest BCUT2D eigenvalue weighted by atomic mass is 15.3. The molecule has 1 aromatic rings. The Hall–Kier alpha value is -1.50. The van der Waals surface area contributed by atoms with Gasteiger partial charge in [-0.2, -0.15) is 10.4 Å². The van der Waals surface area contributed by atoms with Gasteiger partial charge in [0.25, 0.3) is 0 Å². The van der Waals surface area contributed by atoms with Gasteiger partial charge in [0.2, 0.25) is 0 Å². The molecule has 0 fully saturated rings. The fraction of sp³-hybridized carbons (Fsp3) is 0.500. The molecule has 1 N–H and O–H groups in total. The number of aryl methyl sites for hydroxylation is 2. The first-order valence-corrected chi connectivity index (χ1v) is 3.91. The van der Waals surface area contributed by atoms with Crippen LogP contribution < -0.4 is 5.32 Å². The summed E-state index contributed by atoms with van der Waals surface area (Å²) in [6, 6.07) is 2.03. The van der Waals surface area contributed by atoms with Crippen LogP contribution in [0.1, 0.15) is 12.6 Å². The molecule has 0 radical (unpaired) electrons. The van der Waals surface area contributed by atoms with Gasteiger partial charge in [-0.3, -0.25) is 4.68 Å². The van der Waals surface area contributed by atoms with Gasteiger partial charge in [-0.15, -0.1) is 0 Å². The number of hydrogen-bond donors (Lipinski definition) is 1. The maximum Gasteiger partial charge on any atom is 0.103 e. The largest absolute Gasteiger partial charge is 0.370 e. The standard InChI is InChI=1S/C8H12N4/c1-3-7-8(10-5-4-9)6-12(2)11-7/h6,10H,3,5H2,1-2H3. The van der Waals surface area contributed by atoms with Crippen LogP contribution in [0.15, 0.2) is 6.20 Å². The van der Waals surface area contributed by atoms with Gasteiger partial charge in [-0.25, -0.2) is 0 Å². The second kappa shape index (κ2) is 3.77. The number of hydrogen-bond acceptors (Lipinski definition) is 3. The summed E-state index contributed by atoms with van der Waals surface area (Å²) in [7, 11) is 1.87. The summed E-state index contributed by atoms with van der Waals surface area (Å²) in [5.41, 5.74) is 1.97. The van der Waals surface area contributed by atoms with Crippen LogP contribution in [0, 0.1) is 11.3 Å². The second-order valence-electron chi connectivity index (χ2n) is 2.53. The smallest absolute Gasteiger partial charge is 0.103 e. The van der Waals surface area contributed by atoms with Crippen molar-refractivity contribution in [2.24, 2.45) is 7.05 Å². The molecule has 0 aliphatic rings. The first-order valence-electron chi connectivity index (χ1n) is 3.91. The summed E-state index contributed by atoms with van der Waals surface area (Å²) < 4.78 is 1.75. The average Bonchev–Trinajstić information content (AvgIpc) is 2.42. The molecular weight excluding hydrogens is 152 g/mol. The lowest BCUT2D eigenvalue weighted by Gasteiger charge is -1.97. The fourth-order valence-corrected chi connectivity index (χ4v) is 1.08. The van der Waals surface area contributed by atoms with Crippen molar-refractivity contribution in [3.8, 4) is 6.07 Å². The minimum atomic E-state index is 0.332. The van der Waals surface area contributed by atoms with E-state index >= 15 is 0 Å². The van der Waals surface area contributed by atoms with Crippen molar-refractivity contribution in [3.63, 3.8) is 0 Å². The molecule has 64 valence electrons. The quantitative estimate of drug-likeness (QED) is 0.676. The van der Waals surface area contributed by atoms with Crippen molar-refractivity contribution < 1.29 is 0 Å². The Morgan fingerprint density at radius 1 is 1.75 bits per heavy atom. The highest BCUT2D eigenvalue weighted by molar-refractivity contribution is 5.46. The van der Waals surface area contributed by atoms with Gasteiger partial charge in [0.05, 0.1) is 17.5 Å². The van der Waals surface area contributed by atoms with Crippen LogP contribution in [0.2, 0.25) is 0 Å². The Kier molecular flexibility index (Phi) is 2.70. The summed E-state index contributed by atoms with van der Waals surface area (Å²) in [6.07, 6.45) is 2.77. The van der Waals surface area contributed by atoms with Crippen molar-refractivity contribution in [1.29, 1.82) is 5.26 Å². The molecule has 1 aromatic heterocycles. The summed E-state index contributed by atoms with van der Waals surface area (Å²) in [6.45, 7) is 2.37. The Morgan fingerprint density at radius 2 is 2.50 bits per heavy atom. The third-order valence-corrected chi connectivity index (χ3v) is 1.60. The fourth-order valence-electron chi connectivity index (χ4n) is 1.08. The zero-order valence-corrected chi connectivity index (χ0v) is 7.33. The zero-order valence-electron chi connectivity index (χ0n) is 7.33. The Balaban J connectivity index is 2.76. The van der Waals surface area contributed by atoms with E-state index in [-0.39, 0.29) is 0 Å². The van der Waals surface area contributed by atoms with Gasteiger partial charge in [0, 0.05) is 13.2 Å². The van der Waals surface area contributed by atoms with Gasteiger partial charge in [-0.05, 0) is 6.42 Å². The normalized spacial score (nSPS) is 9.42. The highest BCUT2D eigenvalue weighted by Crippen LogP contribution is 2.12. The number of rotatable bonds is 3. The molecule has 4 nitrogen and oxygen atoms in total. The van der Waals surface area contributed by atoms with Gasteiger partial charge < -0.3 is 5.32 Å². The molecule has 0 atom stereocenters. The minimum Gasteiger partial charge on any atom is -0.370 e. The van der Waals surface area contributed by atoms with Gasteiger partial charge in [0.15, 0.2) is 0 Å². The second-order valence-corrected chi connectivity index (χ2v) is 2.53. The van der Waals surface area contributed by atoms with Gasteiger partial charge in [-0.1, -0.05) is 6.92 Å². The number of nitriles is 1. The van der Waals surface area contributed by atoms with Crippen LogP contribution >= 0.6 is 0 Å². The molecule has 0 aromatic carbocycles. The van der Waals surface area contributed by atoms with Crippen LogP contribution in [-0.2, 0) is 13.5 Å². The number of nitrogens with one attached hydrogen (secondary N) is 1. The van der Waals surface area contributed by atoms with E-state index in [9.17, 15) is 0 Å². The molecule has 0 bridgehead atoms. The Bertz CT molecular complexity index is 294. The molecule has 12 heavy (non-hydrogen) atoms. The summed E-state index contributed by atoms with van der Waals surface area (Å²) in [4.78, 5) is 0. The van der Waals surface area contributed by atoms with E-state index in [0.717, 1.165) is 17.8 Å². The summed E-state index contributed by atoms with van der Waals surface area (Å²) >= 11 is 0. The SMILES string of the molecule is CCc1nn(C)cc1NCC#N. The van der Waals surface area contributed by atoms with E-state index in [2.05, 4.69) is 10.4 Å². The highest BCUT2D eigenvalue weighted by Gasteiger charge is 2.03. The molecular formula is C8H12N4. The van der Waals surface area contributed by atoms with Crippen LogP contribution in [0.25, 0.3) is 0 Å². The van der Waals surface area contributed by atoms with Crippen LogP contribution in [0.4, 0.5) is 5.69 Å². The predicted octanol–water partition coefficient (Wildman–Crippen LogP) is 0.918. The van der Waals surface area contributed by atoms with Gasteiger partial charge in [0.1, 0.15) is 6.54 Å². The first kappa shape index (κ1) is 8.60. The minimum absolute atomic E-state index is 0.332. The van der Waals surface area contributed by atoms with E-state index in [1.807, 2.05) is 26.2 Å². The molecule has 1 rings (SSSR count). The molecule has 0 spiro atoms. The Labute approximate surface area is 71.8 Å². The van der Waals surface area contributed by atoms with Crippen LogP contribution in [-0.4, -0.2) is 16.3 Å². The van der Waals surface area contributed by atoms with E-state index in [0.29, 0.717) is 6.54 Å². The van der Waals surface area contributed by atoms with Crippen LogP contribution in [0.5, 0.6) is 0 Å². The van der Waals surface area contributed by atoms with Crippen molar-refractivity contribution in [3.05, 3.63) is 11.9 Å². The van der Waals surface area contributed by atoms with E-state index in [1.165, 1.54) is 0 Å². The molecule has 0 amide bonds. The van der Waals surface area contributed by atoms with Gasteiger partial charge >= 0.3 is 0 Å². The van der Waals surface area contributed by atoms with E-state index < -0.39 is 0 Å². The predicted molar refractivity (Wildman–Crippen MR) is 46.7 cm³/mol. The zero-order chi connectivity index (χ0) is 8.97. The Morgan fingerprint density at radius 3 is 3.08 bits per heavy atom. The number of nitrogens with zero attached hydrogens (tertiary/aromatic N) is 3. The maximum absolute atomic E-state index is 8.36. The lowest BCUT2D eigenvalue weighted by molar-refractivity contribution is 0.746. The van der Waals surface area contributed by atoms with Crippen molar-refractivity contribution in [1.82, 2.24) is 9.78 Å². The maximum atomic E-state index is 8.36. The van der Waals surface area contributed by atoms with Crippen molar-refractivity contribution in [2.45, 2.75) is 13.3 Å². The molecule has 0 saturated heterocycles. The number of anilines is 1. The van der Waals surface area contributed by atoms with E-state index in [4.69, 9.17) is 5.26 Å². The topological polar surface area (TPSA) is 53.6 Å². The molecule has 1 heterocycles. The monoisotopic (exact) mass is 164 g/mol. The summed E-state index contributed by atoms with van der Waals surface area (Å²) in [5, 5.41) is 15.6. The average molecular weight is 164 g/mol. The lowest BCUT2D eigenvalue weighted by atomic mass is 10.3. The van der Waals surface area contributed by atoms with Crippen molar-refractivity contribution in [2.75, 3.05) is 11.9 Å². The summed E-state index contributed by atoms with van der Waals surface area (Å²) in [5.74, 6) is 0. The molecule has 0 saturated carbocycles. The third-order valence-electron chi connectivity index (χ3n) is 1.60. The first-order chi connectivity index (χ1) is 5.77. The number of aromatic nitrogens is 2. The third kappa shape index (κ3) is 1.76. The molecule has 0 unspecified atom stereocenters. The van der Waals surface area contributed by atoms with Crippen LogP contribution in [0.3, 0.4) is 0 Å². The van der Waals surface area contributed by atoms with Crippen molar-refractivity contribution >= 4 is 5.69 Å².